The van der Waals surface area contributed by atoms with E-state index >= 15 is 0 Å². The van der Waals surface area contributed by atoms with Gasteiger partial charge in [0, 0.05) is 10.7 Å². The van der Waals surface area contributed by atoms with Gasteiger partial charge in [-0.05, 0) is 42.0 Å². The van der Waals surface area contributed by atoms with Crippen LogP contribution in [-0.2, 0) is 0 Å². The Morgan fingerprint density at radius 1 is 1.05 bits per heavy atom. The van der Waals surface area contributed by atoms with Crippen molar-refractivity contribution < 1.29 is 0 Å². The van der Waals surface area contributed by atoms with Crippen LogP contribution >= 0.6 is 23.8 Å². The molecule has 0 aliphatic rings. The normalized spacial score (nSPS) is 10.4. The summed E-state index contributed by atoms with van der Waals surface area (Å²) in [5, 5.41) is 8.21. The molecular weight excluding hydrogens is 278 g/mol. The summed E-state index contributed by atoms with van der Waals surface area (Å²) in [6, 6.07) is 17.0. The molecule has 0 atom stereocenters. The molecule has 2 rings (SSSR count). The summed E-state index contributed by atoms with van der Waals surface area (Å²) in [4.78, 5) is 0. The molecule has 2 aromatic carbocycles. The van der Waals surface area contributed by atoms with Gasteiger partial charge in [0.05, 0.1) is 6.21 Å². The summed E-state index contributed by atoms with van der Waals surface area (Å²) in [7, 11) is 0. The summed E-state index contributed by atoms with van der Waals surface area (Å²) in [6.45, 7) is 0. The van der Waals surface area contributed by atoms with Crippen LogP contribution in [0.25, 0.3) is 0 Å². The molecule has 0 spiro atoms. The maximum atomic E-state index is 5.80. The second-order valence-corrected chi connectivity index (χ2v) is 4.59. The van der Waals surface area contributed by atoms with Crippen LogP contribution in [-0.4, -0.2) is 11.3 Å². The molecule has 2 N–H and O–H groups in total. The van der Waals surface area contributed by atoms with Crippen molar-refractivity contribution in [3.8, 4) is 0 Å². The number of nitrogens with zero attached hydrogens (tertiary/aromatic N) is 1. The average Bonchev–Trinajstić information content (AvgIpc) is 2.42. The van der Waals surface area contributed by atoms with E-state index in [0.29, 0.717) is 10.1 Å². The Bertz CT molecular complexity index is 567. The van der Waals surface area contributed by atoms with Crippen molar-refractivity contribution in [1.29, 1.82) is 0 Å². The first-order valence-corrected chi connectivity index (χ1v) is 6.43. The first-order chi connectivity index (χ1) is 9.24. The standard InChI is InChI=1S/C14H12ClN3S/c15-12-8-6-11(7-9-12)10-16-18-14(19)17-13-4-2-1-3-5-13/h1-10H,(H2,17,18,19)/b16-10+. The molecule has 5 heteroatoms. The van der Waals surface area contributed by atoms with E-state index in [9.17, 15) is 0 Å². The van der Waals surface area contributed by atoms with Crippen molar-refractivity contribution in [2.24, 2.45) is 5.10 Å². The lowest BCUT2D eigenvalue weighted by Crippen LogP contribution is -2.23. The number of hydrogen-bond acceptors (Lipinski definition) is 2. The van der Waals surface area contributed by atoms with E-state index in [2.05, 4.69) is 15.8 Å². The van der Waals surface area contributed by atoms with Gasteiger partial charge in [0.15, 0.2) is 5.11 Å². The van der Waals surface area contributed by atoms with Gasteiger partial charge in [0.1, 0.15) is 0 Å². The van der Waals surface area contributed by atoms with Gasteiger partial charge in [-0.3, -0.25) is 5.43 Å². The summed E-state index contributed by atoms with van der Waals surface area (Å²) in [5.41, 5.74) is 4.61. The Labute approximate surface area is 122 Å². The number of hydrazone groups is 1. The van der Waals surface area contributed by atoms with E-state index in [-0.39, 0.29) is 0 Å². The molecule has 0 heterocycles. The number of para-hydroxylation sites is 1. The molecule has 0 bridgehead atoms. The molecule has 0 aromatic heterocycles. The molecule has 2 aromatic rings. The molecule has 0 saturated carbocycles. The van der Waals surface area contributed by atoms with Gasteiger partial charge in [0.25, 0.3) is 0 Å². The van der Waals surface area contributed by atoms with Crippen LogP contribution in [0.15, 0.2) is 59.7 Å². The highest BCUT2D eigenvalue weighted by atomic mass is 35.5. The third-order valence-electron chi connectivity index (χ3n) is 2.28. The second-order valence-electron chi connectivity index (χ2n) is 3.74. The third-order valence-corrected chi connectivity index (χ3v) is 2.73. The van der Waals surface area contributed by atoms with E-state index in [4.69, 9.17) is 23.8 Å². The number of halogens is 1. The molecule has 96 valence electrons. The molecule has 0 saturated heterocycles. The van der Waals surface area contributed by atoms with Crippen molar-refractivity contribution in [2.75, 3.05) is 5.32 Å². The molecule has 19 heavy (non-hydrogen) atoms. The molecule has 0 aliphatic carbocycles. The molecular formula is C14H12ClN3S. The Morgan fingerprint density at radius 2 is 1.74 bits per heavy atom. The topological polar surface area (TPSA) is 36.4 Å². The van der Waals surface area contributed by atoms with E-state index < -0.39 is 0 Å². The van der Waals surface area contributed by atoms with Crippen LogP contribution in [0.5, 0.6) is 0 Å². The number of nitrogens with one attached hydrogen (secondary N) is 2. The summed E-state index contributed by atoms with van der Waals surface area (Å²) >= 11 is 10.9. The second kappa shape index (κ2) is 6.87. The van der Waals surface area contributed by atoms with Crippen LogP contribution < -0.4 is 10.7 Å². The molecule has 3 nitrogen and oxygen atoms in total. The van der Waals surface area contributed by atoms with Gasteiger partial charge < -0.3 is 5.32 Å². The number of anilines is 1. The van der Waals surface area contributed by atoms with Crippen molar-refractivity contribution in [1.82, 2.24) is 5.43 Å². The Morgan fingerprint density at radius 3 is 2.42 bits per heavy atom. The monoisotopic (exact) mass is 289 g/mol. The zero-order valence-corrected chi connectivity index (χ0v) is 11.6. The van der Waals surface area contributed by atoms with Crippen LogP contribution in [0.3, 0.4) is 0 Å². The average molecular weight is 290 g/mol. The van der Waals surface area contributed by atoms with Crippen LogP contribution in [0.2, 0.25) is 5.02 Å². The predicted octanol–water partition coefficient (Wildman–Crippen LogP) is 3.66. The zero-order chi connectivity index (χ0) is 13.5. The van der Waals surface area contributed by atoms with Crippen molar-refractivity contribution in [3.05, 3.63) is 65.2 Å². The quantitative estimate of drug-likeness (QED) is 0.514. The molecule has 0 radical (unpaired) electrons. The molecule has 0 amide bonds. The smallest absolute Gasteiger partial charge is 0.191 e. The molecule has 0 aliphatic heterocycles. The maximum Gasteiger partial charge on any atom is 0.191 e. The number of rotatable bonds is 3. The van der Waals surface area contributed by atoms with Crippen LogP contribution in [0, 0.1) is 0 Å². The highest BCUT2D eigenvalue weighted by Gasteiger charge is 1.94. The fourth-order valence-corrected chi connectivity index (χ4v) is 1.69. The van der Waals surface area contributed by atoms with Gasteiger partial charge in [-0.15, -0.1) is 0 Å². The van der Waals surface area contributed by atoms with Crippen LogP contribution in [0.1, 0.15) is 5.56 Å². The zero-order valence-electron chi connectivity index (χ0n) is 10.0. The van der Waals surface area contributed by atoms with Gasteiger partial charge in [-0.25, -0.2) is 0 Å². The molecule has 0 fully saturated rings. The Hall–Kier alpha value is -1.91. The van der Waals surface area contributed by atoms with Gasteiger partial charge in [-0.1, -0.05) is 41.9 Å². The highest BCUT2D eigenvalue weighted by molar-refractivity contribution is 7.80. The Balaban J connectivity index is 1.85. The van der Waals surface area contributed by atoms with Gasteiger partial charge in [-0.2, -0.15) is 5.10 Å². The molecule has 0 unspecified atom stereocenters. The summed E-state index contributed by atoms with van der Waals surface area (Å²) < 4.78 is 0. The fourth-order valence-electron chi connectivity index (χ4n) is 1.39. The van der Waals surface area contributed by atoms with Crippen molar-refractivity contribution in [2.45, 2.75) is 0 Å². The lowest BCUT2D eigenvalue weighted by Gasteiger charge is -2.06. The van der Waals surface area contributed by atoms with Gasteiger partial charge in [0.2, 0.25) is 0 Å². The number of hydrogen-bond donors (Lipinski definition) is 2. The van der Waals surface area contributed by atoms with E-state index in [1.807, 2.05) is 54.6 Å². The Kier molecular flexibility index (Phi) is 4.89. The van der Waals surface area contributed by atoms with Gasteiger partial charge >= 0.3 is 0 Å². The van der Waals surface area contributed by atoms with E-state index in [0.717, 1.165) is 11.3 Å². The first-order valence-electron chi connectivity index (χ1n) is 5.65. The van der Waals surface area contributed by atoms with Crippen molar-refractivity contribution >= 4 is 40.8 Å². The van der Waals surface area contributed by atoms with Crippen molar-refractivity contribution in [3.63, 3.8) is 0 Å². The fraction of sp³-hybridized carbons (Fsp3) is 0. The lowest BCUT2D eigenvalue weighted by molar-refractivity contribution is 1.05. The first kappa shape index (κ1) is 13.5. The van der Waals surface area contributed by atoms with E-state index in [1.54, 1.807) is 6.21 Å². The maximum absolute atomic E-state index is 5.80. The lowest BCUT2D eigenvalue weighted by atomic mass is 10.2. The minimum atomic E-state index is 0.441. The predicted molar refractivity (Wildman–Crippen MR) is 84.8 cm³/mol. The minimum Gasteiger partial charge on any atom is -0.331 e. The van der Waals surface area contributed by atoms with E-state index in [1.165, 1.54) is 0 Å². The summed E-state index contributed by atoms with van der Waals surface area (Å²) in [6.07, 6.45) is 1.68. The largest absolute Gasteiger partial charge is 0.331 e. The minimum absolute atomic E-state index is 0.441. The summed E-state index contributed by atoms with van der Waals surface area (Å²) in [5.74, 6) is 0. The SMILES string of the molecule is S=C(N/N=C/c1ccc(Cl)cc1)Nc1ccccc1. The third kappa shape index (κ3) is 4.69. The number of thiocarbonyl (C=S) groups is 1. The highest BCUT2D eigenvalue weighted by Crippen LogP contribution is 2.07. The number of benzene rings is 2. The van der Waals surface area contributed by atoms with Crippen LogP contribution in [0.4, 0.5) is 5.69 Å².